The number of pyridine rings is 1. The van der Waals surface area contributed by atoms with Crippen molar-refractivity contribution in [3.63, 3.8) is 0 Å². The van der Waals surface area contributed by atoms with Gasteiger partial charge in [-0.05, 0) is 43.0 Å². The lowest BCUT2D eigenvalue weighted by Gasteiger charge is -2.45. The molecule has 0 unspecified atom stereocenters. The minimum Gasteiger partial charge on any atom is -0.507 e. The third-order valence-electron chi connectivity index (χ3n) is 6.78. The number of halogens is 2. The van der Waals surface area contributed by atoms with Crippen molar-refractivity contribution in [3.05, 3.63) is 42.5 Å². The Balaban J connectivity index is 1.34. The quantitative estimate of drug-likeness (QED) is 0.587. The smallest absolute Gasteiger partial charge is 0.250 e. The number of rotatable bonds is 5. The number of aromatic hydroxyl groups is 1. The zero-order chi connectivity index (χ0) is 23.8. The van der Waals surface area contributed by atoms with Gasteiger partial charge in [0.25, 0.3) is 0 Å². The van der Waals surface area contributed by atoms with Gasteiger partial charge in [0.2, 0.25) is 5.88 Å². The molecule has 0 aliphatic carbocycles. The number of phenolic OH excluding ortho intramolecular Hbond substituents is 1. The number of hydrogen-bond donors (Lipinski definition) is 2. The second kappa shape index (κ2) is 9.09. The van der Waals surface area contributed by atoms with Crippen LogP contribution in [-0.4, -0.2) is 63.7 Å². The maximum atomic E-state index is 15.1. The molecule has 0 saturated carbocycles. The minimum absolute atomic E-state index is 0.0772. The van der Waals surface area contributed by atoms with Crippen molar-refractivity contribution in [1.82, 2.24) is 25.5 Å². The first-order valence-corrected chi connectivity index (χ1v) is 11.3. The van der Waals surface area contributed by atoms with E-state index in [1.165, 1.54) is 25.4 Å². The Labute approximate surface area is 196 Å². The zero-order valence-electron chi connectivity index (χ0n) is 18.9. The Morgan fingerprint density at radius 1 is 1.12 bits per heavy atom. The molecule has 2 aromatic heterocycles. The van der Waals surface area contributed by atoms with Crippen LogP contribution in [0.15, 0.2) is 36.7 Å². The number of methoxy groups -OCH3 is 1. The lowest BCUT2D eigenvalue weighted by atomic mass is 9.82. The van der Waals surface area contributed by atoms with Crippen molar-refractivity contribution in [2.24, 2.45) is 0 Å². The largest absolute Gasteiger partial charge is 0.507 e. The molecular formula is C24H26F2N6O2. The van der Waals surface area contributed by atoms with Gasteiger partial charge in [0.05, 0.1) is 24.9 Å². The van der Waals surface area contributed by atoms with Crippen LogP contribution in [0.2, 0.25) is 0 Å². The number of piperidine rings is 2. The average molecular weight is 469 g/mol. The third kappa shape index (κ3) is 4.13. The highest BCUT2D eigenvalue weighted by atomic mass is 19.1. The first-order valence-electron chi connectivity index (χ1n) is 11.3. The summed E-state index contributed by atoms with van der Waals surface area (Å²) in [4.78, 5) is 10.1. The summed E-state index contributed by atoms with van der Waals surface area (Å²) in [6, 6.07) is 6.04. The molecule has 3 aromatic rings. The molecule has 178 valence electrons. The van der Waals surface area contributed by atoms with Crippen LogP contribution in [0.3, 0.4) is 0 Å². The highest BCUT2D eigenvalue weighted by Crippen LogP contribution is 2.34. The number of anilines is 1. The lowest BCUT2D eigenvalue weighted by Crippen LogP contribution is -2.61. The Kier molecular flexibility index (Phi) is 5.99. The van der Waals surface area contributed by atoms with Gasteiger partial charge < -0.3 is 20.1 Å². The molecule has 2 aliphatic heterocycles. The van der Waals surface area contributed by atoms with E-state index in [9.17, 15) is 9.50 Å². The van der Waals surface area contributed by atoms with Crippen LogP contribution in [-0.2, 0) is 0 Å². The Bertz CT molecular complexity index is 1180. The fourth-order valence-corrected chi connectivity index (χ4v) is 4.91. The van der Waals surface area contributed by atoms with Crippen molar-refractivity contribution < 1.29 is 18.6 Å². The molecule has 8 nitrogen and oxygen atoms in total. The van der Waals surface area contributed by atoms with E-state index >= 15 is 4.39 Å². The topological polar surface area (TPSA) is 96.3 Å². The molecule has 2 aliphatic rings. The molecule has 4 heterocycles. The first-order chi connectivity index (χ1) is 16.4. The first kappa shape index (κ1) is 22.4. The van der Waals surface area contributed by atoms with E-state index in [1.807, 2.05) is 11.9 Å². The molecule has 5 rings (SSSR count). The number of ether oxygens (including phenoxy) is 1. The summed E-state index contributed by atoms with van der Waals surface area (Å²) in [5, 5.41) is 22.4. The number of nitrogens with one attached hydrogen (secondary N) is 1. The number of hydrogen-bond acceptors (Lipinski definition) is 8. The van der Waals surface area contributed by atoms with Crippen LogP contribution < -0.4 is 15.0 Å². The van der Waals surface area contributed by atoms with E-state index in [1.54, 1.807) is 18.3 Å². The maximum Gasteiger partial charge on any atom is 0.250 e. The Morgan fingerprint density at radius 3 is 2.68 bits per heavy atom. The third-order valence-corrected chi connectivity index (χ3v) is 6.78. The van der Waals surface area contributed by atoms with E-state index < -0.39 is 12.0 Å². The molecule has 2 fully saturated rings. The van der Waals surface area contributed by atoms with Gasteiger partial charge in [-0.25, -0.2) is 18.7 Å². The van der Waals surface area contributed by atoms with Crippen LogP contribution in [0.5, 0.6) is 11.6 Å². The molecule has 1 aromatic carbocycles. The molecule has 10 heteroatoms. The Hall–Kier alpha value is -3.40. The van der Waals surface area contributed by atoms with Crippen LogP contribution in [0.25, 0.3) is 22.5 Å². The highest BCUT2D eigenvalue weighted by Gasteiger charge is 2.42. The predicted molar refractivity (Wildman–Crippen MR) is 123 cm³/mol. The maximum absolute atomic E-state index is 15.1. The van der Waals surface area contributed by atoms with Crippen molar-refractivity contribution in [2.45, 2.75) is 50.0 Å². The van der Waals surface area contributed by atoms with Crippen LogP contribution >= 0.6 is 0 Å². The summed E-state index contributed by atoms with van der Waals surface area (Å²) in [5.74, 6) is -0.0530. The average Bonchev–Trinajstić information content (AvgIpc) is 2.86. The highest BCUT2D eigenvalue weighted by molar-refractivity contribution is 5.72. The van der Waals surface area contributed by atoms with Crippen molar-refractivity contribution in [2.75, 3.05) is 19.1 Å². The standard InChI is InChI=1S/C24H26F2N6O2/c1-32(19-10-15-4-3-5-18(29-15)22(19)26)21-12-27-23(31-30-21)16-7-6-13(9-20(16)33)14-8-17(25)24(34-2)28-11-14/h6-9,11-12,15,18-19,22,29,33H,3-5,10H2,1-2H3/t15-,18-,19-,22+/m0/s1. The van der Waals surface area contributed by atoms with E-state index in [0.717, 1.165) is 19.3 Å². The SMILES string of the molecule is COc1ncc(-c2ccc(-c3ncc(N(C)[C@H]4C[C@@H]5CCC[C@H](N5)[C@H]4F)nn3)c(O)c2)cc1F. The van der Waals surface area contributed by atoms with E-state index in [2.05, 4.69) is 25.5 Å². The van der Waals surface area contributed by atoms with E-state index in [-0.39, 0.29) is 29.5 Å². The zero-order valence-corrected chi connectivity index (χ0v) is 18.9. The number of aromatic nitrogens is 4. The van der Waals surface area contributed by atoms with Gasteiger partial charge in [-0.15, -0.1) is 10.2 Å². The second-order valence-corrected chi connectivity index (χ2v) is 8.85. The Morgan fingerprint density at radius 2 is 1.97 bits per heavy atom. The second-order valence-electron chi connectivity index (χ2n) is 8.85. The van der Waals surface area contributed by atoms with Gasteiger partial charge in [-0.3, -0.25) is 0 Å². The summed E-state index contributed by atoms with van der Waals surface area (Å²) in [5.41, 5.74) is 1.45. The molecule has 34 heavy (non-hydrogen) atoms. The minimum atomic E-state index is -0.989. The summed E-state index contributed by atoms with van der Waals surface area (Å²) in [7, 11) is 3.16. The summed E-state index contributed by atoms with van der Waals surface area (Å²) in [6.07, 6.45) is 5.69. The van der Waals surface area contributed by atoms with Gasteiger partial charge in [0.1, 0.15) is 11.9 Å². The monoisotopic (exact) mass is 468 g/mol. The molecule has 0 radical (unpaired) electrons. The normalized spacial score (nSPS) is 24.0. The van der Waals surface area contributed by atoms with Crippen LogP contribution in [0, 0.1) is 5.82 Å². The van der Waals surface area contributed by atoms with Crippen molar-refractivity contribution >= 4 is 5.82 Å². The fourth-order valence-electron chi connectivity index (χ4n) is 4.91. The van der Waals surface area contributed by atoms with Gasteiger partial charge in [0, 0.05) is 30.9 Å². The van der Waals surface area contributed by atoms with E-state index in [4.69, 9.17) is 4.74 Å². The molecular weight excluding hydrogens is 442 g/mol. The lowest BCUT2D eigenvalue weighted by molar-refractivity contribution is 0.107. The number of nitrogens with zero attached hydrogens (tertiary/aromatic N) is 5. The van der Waals surface area contributed by atoms with Crippen molar-refractivity contribution in [1.29, 1.82) is 0 Å². The molecule has 4 atom stereocenters. The summed E-state index contributed by atoms with van der Waals surface area (Å²) < 4.78 is 33.9. The van der Waals surface area contributed by atoms with Crippen molar-refractivity contribution in [3.8, 4) is 34.1 Å². The molecule has 2 N–H and O–H groups in total. The van der Waals surface area contributed by atoms with Gasteiger partial charge >= 0.3 is 0 Å². The molecule has 0 amide bonds. The number of phenols is 1. The molecule has 2 saturated heterocycles. The van der Waals surface area contributed by atoms with Crippen LogP contribution in [0.1, 0.15) is 25.7 Å². The predicted octanol–water partition coefficient (Wildman–Crippen LogP) is 3.51. The van der Waals surface area contributed by atoms with Gasteiger partial charge in [-0.1, -0.05) is 12.5 Å². The number of alkyl halides is 1. The number of benzene rings is 1. The summed E-state index contributed by atoms with van der Waals surface area (Å²) in [6.45, 7) is 0. The molecule has 0 spiro atoms. The number of fused-ring (bicyclic) bond motifs is 2. The fraction of sp³-hybridized carbons (Fsp3) is 0.417. The van der Waals surface area contributed by atoms with Crippen LogP contribution in [0.4, 0.5) is 14.6 Å². The summed E-state index contributed by atoms with van der Waals surface area (Å²) >= 11 is 0. The van der Waals surface area contributed by atoms with E-state index in [0.29, 0.717) is 35.0 Å². The van der Waals surface area contributed by atoms with Gasteiger partial charge in [0.15, 0.2) is 17.5 Å². The van der Waals surface area contributed by atoms with Gasteiger partial charge in [-0.2, -0.15) is 0 Å². The molecule has 2 bridgehead atoms.